The van der Waals surface area contributed by atoms with Crippen molar-refractivity contribution in [3.63, 3.8) is 0 Å². The summed E-state index contributed by atoms with van der Waals surface area (Å²) in [5, 5.41) is 4.05. The molecule has 2 fully saturated rings. The highest BCUT2D eigenvalue weighted by molar-refractivity contribution is 4.88. The first-order chi connectivity index (χ1) is 12.1. The van der Waals surface area contributed by atoms with Crippen molar-refractivity contribution in [2.24, 2.45) is 5.92 Å². The van der Waals surface area contributed by atoms with Gasteiger partial charge in [-0.15, -0.1) is 0 Å². The zero-order chi connectivity index (χ0) is 17.6. The van der Waals surface area contributed by atoms with Crippen LogP contribution in [0, 0.1) is 5.92 Å². The molecule has 0 atom stereocenters. The highest BCUT2D eigenvalue weighted by atomic mass is 16.5. The molecule has 1 aromatic rings. The van der Waals surface area contributed by atoms with Crippen molar-refractivity contribution in [3.8, 4) is 0 Å². The minimum absolute atomic E-state index is 0.393. The molecule has 6 nitrogen and oxygen atoms in total. The number of nitrogens with zero attached hydrogens (tertiary/aromatic N) is 4. The average molecular weight is 351 g/mol. The van der Waals surface area contributed by atoms with Crippen molar-refractivity contribution < 1.29 is 9.26 Å². The first-order valence-electron chi connectivity index (χ1n) is 9.96. The van der Waals surface area contributed by atoms with Gasteiger partial charge in [0.1, 0.15) is 0 Å². The van der Waals surface area contributed by atoms with Crippen molar-refractivity contribution in [1.29, 1.82) is 0 Å². The van der Waals surface area contributed by atoms with E-state index in [4.69, 9.17) is 9.26 Å². The summed E-state index contributed by atoms with van der Waals surface area (Å²) >= 11 is 0. The molecule has 1 aromatic heterocycles. The molecule has 2 aliphatic heterocycles. The molecule has 0 amide bonds. The standard InChI is InChI=1S/C19H34N4O2/c1-15(2)14-19-20-18(21-25-19)8-13-24-17-6-11-23(12-7-17)16-4-9-22(3)10-5-16/h15-17H,4-14H2,1-3H3. The maximum atomic E-state index is 6.07. The molecule has 0 aromatic carbocycles. The van der Waals surface area contributed by atoms with E-state index in [9.17, 15) is 0 Å². The van der Waals surface area contributed by atoms with Gasteiger partial charge in [0.25, 0.3) is 0 Å². The van der Waals surface area contributed by atoms with Crippen LogP contribution in [0.25, 0.3) is 0 Å². The van der Waals surface area contributed by atoms with Crippen LogP contribution in [-0.4, -0.2) is 71.9 Å². The van der Waals surface area contributed by atoms with Gasteiger partial charge in [0, 0.05) is 32.0 Å². The highest BCUT2D eigenvalue weighted by Gasteiger charge is 2.27. The van der Waals surface area contributed by atoms with Gasteiger partial charge in [0.05, 0.1) is 12.7 Å². The van der Waals surface area contributed by atoms with Crippen LogP contribution in [0.15, 0.2) is 4.52 Å². The predicted molar refractivity (Wildman–Crippen MR) is 97.6 cm³/mol. The Morgan fingerprint density at radius 3 is 2.52 bits per heavy atom. The van der Waals surface area contributed by atoms with E-state index in [1.165, 1.54) is 39.0 Å². The van der Waals surface area contributed by atoms with E-state index in [1.54, 1.807) is 0 Å². The monoisotopic (exact) mass is 350 g/mol. The normalized spacial score (nSPS) is 22.1. The summed E-state index contributed by atoms with van der Waals surface area (Å²) in [6, 6.07) is 0.788. The van der Waals surface area contributed by atoms with E-state index >= 15 is 0 Å². The molecule has 3 rings (SSSR count). The first-order valence-corrected chi connectivity index (χ1v) is 9.96. The summed E-state index contributed by atoms with van der Waals surface area (Å²) in [5.74, 6) is 2.06. The van der Waals surface area contributed by atoms with Gasteiger partial charge in [0.2, 0.25) is 5.89 Å². The van der Waals surface area contributed by atoms with Gasteiger partial charge in [-0.3, -0.25) is 0 Å². The lowest BCUT2D eigenvalue weighted by Crippen LogP contribution is -2.48. The lowest BCUT2D eigenvalue weighted by molar-refractivity contribution is -0.00798. The van der Waals surface area contributed by atoms with Crippen LogP contribution in [0.3, 0.4) is 0 Å². The number of piperidine rings is 2. The molecule has 0 spiro atoms. The molecule has 2 saturated heterocycles. The molecule has 0 bridgehead atoms. The summed E-state index contributed by atoms with van der Waals surface area (Å²) < 4.78 is 11.4. The lowest BCUT2D eigenvalue weighted by atomic mass is 9.99. The zero-order valence-corrected chi connectivity index (χ0v) is 16.1. The van der Waals surface area contributed by atoms with Crippen LogP contribution >= 0.6 is 0 Å². The van der Waals surface area contributed by atoms with Crippen molar-refractivity contribution in [3.05, 3.63) is 11.7 Å². The number of aromatic nitrogens is 2. The Kier molecular flexibility index (Phi) is 6.84. The molecule has 0 unspecified atom stereocenters. The van der Waals surface area contributed by atoms with E-state index in [0.717, 1.165) is 43.4 Å². The lowest BCUT2D eigenvalue weighted by Gasteiger charge is -2.41. The Hall–Kier alpha value is -0.980. The smallest absolute Gasteiger partial charge is 0.226 e. The molecule has 25 heavy (non-hydrogen) atoms. The van der Waals surface area contributed by atoms with Crippen molar-refractivity contribution in [2.75, 3.05) is 39.8 Å². The number of hydrogen-bond acceptors (Lipinski definition) is 6. The summed E-state index contributed by atoms with van der Waals surface area (Å²) in [6.07, 6.45) is 6.93. The fraction of sp³-hybridized carbons (Fsp3) is 0.895. The Morgan fingerprint density at radius 2 is 1.84 bits per heavy atom. The van der Waals surface area contributed by atoms with Crippen LogP contribution in [0.2, 0.25) is 0 Å². The zero-order valence-electron chi connectivity index (χ0n) is 16.1. The molecule has 0 radical (unpaired) electrons. The van der Waals surface area contributed by atoms with Gasteiger partial charge < -0.3 is 19.1 Å². The van der Waals surface area contributed by atoms with Gasteiger partial charge in [-0.2, -0.15) is 4.98 Å². The van der Waals surface area contributed by atoms with E-state index in [2.05, 4.69) is 40.8 Å². The van der Waals surface area contributed by atoms with Gasteiger partial charge in [-0.1, -0.05) is 19.0 Å². The quantitative estimate of drug-likeness (QED) is 0.753. The fourth-order valence-electron chi connectivity index (χ4n) is 3.91. The van der Waals surface area contributed by atoms with Crippen molar-refractivity contribution in [2.45, 2.75) is 64.5 Å². The van der Waals surface area contributed by atoms with Crippen LogP contribution in [0.5, 0.6) is 0 Å². The number of hydrogen-bond donors (Lipinski definition) is 0. The minimum atomic E-state index is 0.393. The van der Waals surface area contributed by atoms with Gasteiger partial charge in [0.15, 0.2) is 5.82 Å². The Bertz CT molecular complexity index is 503. The fourth-order valence-corrected chi connectivity index (χ4v) is 3.91. The van der Waals surface area contributed by atoms with E-state index in [1.807, 2.05) is 0 Å². The van der Waals surface area contributed by atoms with Gasteiger partial charge in [-0.25, -0.2) is 0 Å². The molecular formula is C19H34N4O2. The Labute approximate surface area is 151 Å². The first kappa shape index (κ1) is 18.8. The van der Waals surface area contributed by atoms with Crippen LogP contribution < -0.4 is 0 Å². The third-order valence-corrected chi connectivity index (χ3v) is 5.45. The molecule has 142 valence electrons. The molecule has 0 aliphatic carbocycles. The SMILES string of the molecule is CC(C)Cc1nc(CCOC2CCN(C3CCN(C)CC3)CC2)no1. The number of rotatable bonds is 7. The summed E-state index contributed by atoms with van der Waals surface area (Å²) in [6.45, 7) is 9.85. The molecule has 0 saturated carbocycles. The molecule has 6 heteroatoms. The van der Waals surface area contributed by atoms with Crippen molar-refractivity contribution >= 4 is 0 Å². The summed E-state index contributed by atoms with van der Waals surface area (Å²) in [4.78, 5) is 9.57. The molecular weight excluding hydrogens is 316 g/mol. The molecule has 3 heterocycles. The Balaban J connectivity index is 1.32. The number of likely N-dealkylation sites (tertiary alicyclic amines) is 2. The summed E-state index contributed by atoms with van der Waals surface area (Å²) in [5.41, 5.74) is 0. The second-order valence-electron chi connectivity index (χ2n) is 8.09. The average Bonchev–Trinajstić information content (AvgIpc) is 3.03. The second kappa shape index (κ2) is 9.10. The maximum absolute atomic E-state index is 6.07. The van der Waals surface area contributed by atoms with E-state index in [-0.39, 0.29) is 0 Å². The maximum Gasteiger partial charge on any atom is 0.226 e. The van der Waals surface area contributed by atoms with Crippen LogP contribution in [0.1, 0.15) is 51.2 Å². The third kappa shape index (κ3) is 5.76. The largest absolute Gasteiger partial charge is 0.378 e. The highest BCUT2D eigenvalue weighted by Crippen LogP contribution is 2.22. The molecule has 0 N–H and O–H groups in total. The van der Waals surface area contributed by atoms with Gasteiger partial charge in [-0.05, 0) is 51.7 Å². The Morgan fingerprint density at radius 1 is 1.12 bits per heavy atom. The topological polar surface area (TPSA) is 54.6 Å². The third-order valence-electron chi connectivity index (χ3n) is 5.45. The minimum Gasteiger partial charge on any atom is -0.378 e. The van der Waals surface area contributed by atoms with E-state index < -0.39 is 0 Å². The number of ether oxygens (including phenoxy) is 1. The van der Waals surface area contributed by atoms with E-state index in [0.29, 0.717) is 18.6 Å². The molecule has 2 aliphatic rings. The van der Waals surface area contributed by atoms with Crippen LogP contribution in [-0.2, 0) is 17.6 Å². The van der Waals surface area contributed by atoms with Crippen molar-refractivity contribution in [1.82, 2.24) is 19.9 Å². The second-order valence-corrected chi connectivity index (χ2v) is 8.09. The summed E-state index contributed by atoms with van der Waals surface area (Å²) in [7, 11) is 2.23. The predicted octanol–water partition coefficient (Wildman–Crippen LogP) is 2.39. The van der Waals surface area contributed by atoms with Gasteiger partial charge >= 0.3 is 0 Å². The van der Waals surface area contributed by atoms with Crippen LogP contribution in [0.4, 0.5) is 0 Å².